The zero-order valence-electron chi connectivity index (χ0n) is 15.5. The normalized spacial score (nSPS) is 11.4. The molecule has 0 amide bonds. The van der Waals surface area contributed by atoms with Crippen LogP contribution in [0.4, 0.5) is 0 Å². The lowest BCUT2D eigenvalue weighted by atomic mass is 10.1. The van der Waals surface area contributed by atoms with Gasteiger partial charge in [0.15, 0.2) is 0 Å². The third-order valence-corrected chi connectivity index (χ3v) is 6.37. The van der Waals surface area contributed by atoms with Crippen LogP contribution in [-0.4, -0.2) is 34.4 Å². The highest BCUT2D eigenvalue weighted by Crippen LogP contribution is 2.37. The summed E-state index contributed by atoms with van der Waals surface area (Å²) in [5.74, 6) is 0.685. The maximum atomic E-state index is 9.23. The monoisotopic (exact) mass is 385 g/mol. The van der Waals surface area contributed by atoms with Gasteiger partial charge in [-0.25, -0.2) is 0 Å². The van der Waals surface area contributed by atoms with E-state index < -0.39 is 0 Å². The van der Waals surface area contributed by atoms with Gasteiger partial charge >= 0.3 is 0 Å². The summed E-state index contributed by atoms with van der Waals surface area (Å²) in [6, 6.07) is 5.38. The van der Waals surface area contributed by atoms with Gasteiger partial charge < -0.3 is 20.3 Å². The molecule has 0 radical (unpaired) electrons. The van der Waals surface area contributed by atoms with Crippen LogP contribution in [0.25, 0.3) is 0 Å². The number of nitrogens with one attached hydrogen (secondary N) is 1. The average Bonchev–Trinajstić information content (AvgIpc) is 2.59. The Morgan fingerprint density at radius 1 is 1.20 bits per heavy atom. The van der Waals surface area contributed by atoms with Gasteiger partial charge in [0.25, 0.3) is 0 Å². The Bertz CT molecular complexity index is 513. The van der Waals surface area contributed by atoms with Crippen molar-refractivity contribution in [3.8, 4) is 5.75 Å². The van der Waals surface area contributed by atoms with Crippen LogP contribution in [0.2, 0.25) is 0 Å². The van der Waals surface area contributed by atoms with Crippen LogP contribution in [0.5, 0.6) is 5.75 Å². The van der Waals surface area contributed by atoms with E-state index in [1.54, 1.807) is 29.0 Å². The summed E-state index contributed by atoms with van der Waals surface area (Å²) in [6.07, 6.45) is 5.04. The molecule has 0 spiro atoms. The number of aliphatic hydroxyl groups excluding tert-OH is 2. The molecule has 1 aromatic rings. The second-order valence-electron chi connectivity index (χ2n) is 6.54. The van der Waals surface area contributed by atoms with Crippen LogP contribution in [0.3, 0.4) is 0 Å². The topological polar surface area (TPSA) is 61.7 Å². The fourth-order valence-corrected chi connectivity index (χ4v) is 4.57. The summed E-state index contributed by atoms with van der Waals surface area (Å²) in [6.45, 7) is 9.90. The smallest absolute Gasteiger partial charge is 0.120 e. The molecule has 0 saturated heterocycles. The lowest BCUT2D eigenvalue weighted by Gasteiger charge is -2.23. The van der Waals surface area contributed by atoms with Crippen LogP contribution in [-0.2, 0) is 13.2 Å². The number of rotatable bonds is 13. The molecule has 142 valence electrons. The second-order valence-corrected chi connectivity index (χ2v) is 9.65. The van der Waals surface area contributed by atoms with Crippen molar-refractivity contribution in [2.24, 2.45) is 0 Å². The number of aliphatic hydroxyl groups is 2. The van der Waals surface area contributed by atoms with E-state index in [0.717, 1.165) is 42.6 Å². The van der Waals surface area contributed by atoms with E-state index in [-0.39, 0.29) is 18.0 Å². The van der Waals surface area contributed by atoms with Crippen LogP contribution in [0.15, 0.2) is 30.5 Å². The maximum absolute atomic E-state index is 9.23. The first-order chi connectivity index (χ1) is 11.9. The molecule has 4 nitrogen and oxygen atoms in total. The summed E-state index contributed by atoms with van der Waals surface area (Å²) in [7, 11) is 3.71. The Morgan fingerprint density at radius 2 is 1.84 bits per heavy atom. The highest BCUT2D eigenvalue weighted by Gasteiger charge is 2.17. The lowest BCUT2D eigenvalue weighted by molar-refractivity contribution is 0.270. The van der Waals surface area contributed by atoms with Crippen molar-refractivity contribution in [1.29, 1.82) is 0 Å². The zero-order chi connectivity index (χ0) is 18.7. The predicted octanol–water partition coefficient (Wildman–Crippen LogP) is 4.11. The fraction of sp³-hybridized carbons (Fsp3) is 0.579. The van der Waals surface area contributed by atoms with Gasteiger partial charge in [-0.3, -0.25) is 0 Å². The largest absolute Gasteiger partial charge is 0.494 e. The van der Waals surface area contributed by atoms with Gasteiger partial charge in [0.1, 0.15) is 5.75 Å². The first-order valence-electron chi connectivity index (χ1n) is 8.51. The first kappa shape index (κ1) is 22.2. The van der Waals surface area contributed by atoms with Crippen molar-refractivity contribution in [2.75, 3.05) is 19.4 Å². The molecule has 0 aliphatic carbocycles. The molecule has 1 aromatic carbocycles. The molecule has 0 heterocycles. The minimum Gasteiger partial charge on any atom is -0.494 e. The highest BCUT2D eigenvalue weighted by molar-refractivity contribution is 8.76. The summed E-state index contributed by atoms with van der Waals surface area (Å²) in [5.41, 5.74) is 2.57. The predicted molar refractivity (Wildman–Crippen MR) is 110 cm³/mol. The molecule has 0 atom stereocenters. The second kappa shape index (κ2) is 11.7. The maximum Gasteiger partial charge on any atom is 0.120 e. The van der Waals surface area contributed by atoms with Gasteiger partial charge in [-0.2, -0.15) is 0 Å². The van der Waals surface area contributed by atoms with E-state index in [1.165, 1.54) is 0 Å². The zero-order valence-corrected chi connectivity index (χ0v) is 17.1. The number of benzene rings is 1. The van der Waals surface area contributed by atoms with Crippen LogP contribution < -0.4 is 10.1 Å². The molecule has 0 aliphatic rings. The molecular formula is C19H31NO3S2. The minimum atomic E-state index is -0.0588. The molecule has 1 rings (SSSR count). The lowest BCUT2D eigenvalue weighted by Crippen LogP contribution is -2.19. The quantitative estimate of drug-likeness (QED) is 0.351. The Balaban J connectivity index is 2.24. The molecule has 0 unspecified atom stereocenters. The molecule has 0 aromatic heterocycles. The summed E-state index contributed by atoms with van der Waals surface area (Å²) in [4.78, 5) is 0. The molecule has 0 aliphatic heterocycles. The fourth-order valence-electron chi connectivity index (χ4n) is 2.33. The molecular weight excluding hydrogens is 354 g/mol. The van der Waals surface area contributed by atoms with Crippen molar-refractivity contribution in [3.05, 3.63) is 41.6 Å². The van der Waals surface area contributed by atoms with E-state index >= 15 is 0 Å². The molecule has 0 saturated carbocycles. The number of hydrogen-bond donors (Lipinski definition) is 3. The van der Waals surface area contributed by atoms with Gasteiger partial charge in [-0.15, -0.1) is 0 Å². The van der Waals surface area contributed by atoms with Crippen molar-refractivity contribution in [2.45, 2.75) is 51.1 Å². The van der Waals surface area contributed by atoms with Crippen LogP contribution in [0, 0.1) is 0 Å². The van der Waals surface area contributed by atoms with E-state index in [2.05, 4.69) is 32.0 Å². The minimum absolute atomic E-state index is 0.0588. The van der Waals surface area contributed by atoms with Crippen LogP contribution in [0.1, 0.15) is 44.2 Å². The first-order valence-corrected chi connectivity index (χ1v) is 11.1. The third-order valence-electron chi connectivity index (χ3n) is 3.69. The molecule has 3 N–H and O–H groups in total. The molecule has 0 fully saturated rings. The van der Waals surface area contributed by atoms with E-state index in [1.807, 2.05) is 10.8 Å². The summed E-state index contributed by atoms with van der Waals surface area (Å²) >= 11 is 0. The van der Waals surface area contributed by atoms with Gasteiger partial charge in [-0.05, 0) is 62.6 Å². The number of hydrogen-bond acceptors (Lipinski definition) is 6. The van der Waals surface area contributed by atoms with Gasteiger partial charge in [0.05, 0.1) is 19.8 Å². The van der Waals surface area contributed by atoms with E-state index in [0.29, 0.717) is 12.4 Å². The van der Waals surface area contributed by atoms with Gasteiger partial charge in [0.2, 0.25) is 0 Å². The van der Waals surface area contributed by atoms with Crippen molar-refractivity contribution in [1.82, 2.24) is 5.32 Å². The standard InChI is InChI=1S/C19H31NO3S2/c1-15(6-7-19(2,3)25-24-4)20-8-5-9-23-18-11-16(13-21)10-17(12-18)14-22/h10-12,20-22H,1,5-9,13-14H2,2-4H3. The summed E-state index contributed by atoms with van der Waals surface area (Å²) in [5, 5.41) is 21.8. The van der Waals surface area contributed by atoms with Crippen molar-refractivity contribution >= 4 is 21.6 Å². The molecule has 0 bridgehead atoms. The van der Waals surface area contributed by atoms with Crippen molar-refractivity contribution < 1.29 is 14.9 Å². The molecule has 25 heavy (non-hydrogen) atoms. The van der Waals surface area contributed by atoms with Crippen molar-refractivity contribution in [3.63, 3.8) is 0 Å². The highest BCUT2D eigenvalue weighted by atomic mass is 33.1. The molecule has 6 heteroatoms. The number of ether oxygens (including phenoxy) is 1. The number of allylic oxidation sites excluding steroid dienone is 1. The Hall–Kier alpha value is -0.820. The van der Waals surface area contributed by atoms with Gasteiger partial charge in [-0.1, -0.05) is 34.2 Å². The van der Waals surface area contributed by atoms with E-state index in [4.69, 9.17) is 4.74 Å². The average molecular weight is 386 g/mol. The summed E-state index contributed by atoms with van der Waals surface area (Å²) < 4.78 is 5.98. The Labute approximate surface area is 159 Å². The Kier molecular flexibility index (Phi) is 10.4. The van der Waals surface area contributed by atoms with Gasteiger partial charge in [0, 0.05) is 17.0 Å². The SMILES string of the molecule is C=C(CCC(C)(C)SSC)NCCCOc1cc(CO)cc(CO)c1. The van der Waals surface area contributed by atoms with Crippen LogP contribution >= 0.6 is 21.6 Å². The third kappa shape index (κ3) is 9.45. The Morgan fingerprint density at radius 3 is 2.40 bits per heavy atom. The van der Waals surface area contributed by atoms with E-state index in [9.17, 15) is 10.2 Å².